The number of carbonyl (C=O) groups excluding carboxylic acids is 2. The SMILES string of the molecule is CC(C)CCNC(=O)C(C)(C)C(=O)Nc1ccc(Cl)c(C(F)(F)F)c1. The molecular weight excluding hydrogens is 357 g/mol. The van der Waals surface area contributed by atoms with Gasteiger partial charge in [0.1, 0.15) is 5.41 Å². The highest BCUT2D eigenvalue weighted by Crippen LogP contribution is 2.36. The normalized spacial score (nSPS) is 12.2. The van der Waals surface area contributed by atoms with Gasteiger partial charge in [0.05, 0.1) is 10.6 Å². The lowest BCUT2D eigenvalue weighted by atomic mass is 9.90. The average Bonchev–Trinajstić information content (AvgIpc) is 2.47. The van der Waals surface area contributed by atoms with Crippen LogP contribution in [0, 0.1) is 11.3 Å². The van der Waals surface area contributed by atoms with Crippen molar-refractivity contribution in [3.63, 3.8) is 0 Å². The predicted molar refractivity (Wildman–Crippen MR) is 91.3 cm³/mol. The minimum absolute atomic E-state index is 0.0789. The maximum absolute atomic E-state index is 12.9. The second-order valence-corrected chi connectivity index (χ2v) is 7.12. The van der Waals surface area contributed by atoms with Crippen LogP contribution < -0.4 is 10.6 Å². The van der Waals surface area contributed by atoms with Gasteiger partial charge >= 0.3 is 6.18 Å². The molecule has 0 spiro atoms. The largest absolute Gasteiger partial charge is 0.417 e. The minimum Gasteiger partial charge on any atom is -0.355 e. The van der Waals surface area contributed by atoms with Crippen LogP contribution in [0.4, 0.5) is 18.9 Å². The third-order valence-electron chi connectivity index (χ3n) is 3.67. The van der Waals surface area contributed by atoms with E-state index in [-0.39, 0.29) is 5.69 Å². The van der Waals surface area contributed by atoms with Crippen LogP contribution in [-0.4, -0.2) is 18.4 Å². The van der Waals surface area contributed by atoms with E-state index in [9.17, 15) is 22.8 Å². The molecule has 2 amide bonds. The van der Waals surface area contributed by atoms with E-state index in [4.69, 9.17) is 11.6 Å². The lowest BCUT2D eigenvalue weighted by Gasteiger charge is -2.23. The number of carbonyl (C=O) groups is 2. The first-order chi connectivity index (χ1) is 11.4. The summed E-state index contributed by atoms with van der Waals surface area (Å²) in [6.45, 7) is 7.25. The first-order valence-electron chi connectivity index (χ1n) is 7.82. The topological polar surface area (TPSA) is 58.2 Å². The van der Waals surface area contributed by atoms with Gasteiger partial charge in [-0.2, -0.15) is 13.2 Å². The fraction of sp³-hybridized carbons (Fsp3) is 0.529. The van der Waals surface area contributed by atoms with Crippen LogP contribution in [0.1, 0.15) is 39.7 Å². The molecule has 0 aliphatic carbocycles. The molecule has 4 nitrogen and oxygen atoms in total. The fourth-order valence-electron chi connectivity index (χ4n) is 1.91. The Morgan fingerprint density at radius 3 is 2.28 bits per heavy atom. The van der Waals surface area contributed by atoms with Crippen molar-refractivity contribution in [2.45, 2.75) is 40.3 Å². The smallest absolute Gasteiger partial charge is 0.355 e. The molecule has 8 heteroatoms. The Kier molecular flexibility index (Phi) is 6.88. The highest BCUT2D eigenvalue weighted by atomic mass is 35.5. The van der Waals surface area contributed by atoms with Crippen LogP contribution in [0.15, 0.2) is 18.2 Å². The molecule has 0 heterocycles. The molecule has 0 aliphatic heterocycles. The predicted octanol–water partition coefficient (Wildman–Crippen LogP) is 4.49. The van der Waals surface area contributed by atoms with Crippen LogP contribution in [0.2, 0.25) is 5.02 Å². The van der Waals surface area contributed by atoms with Gasteiger partial charge in [0.15, 0.2) is 0 Å². The standard InChI is InChI=1S/C17H22ClF3N2O2/c1-10(2)7-8-22-14(24)16(3,4)15(25)23-11-5-6-13(18)12(9-11)17(19,20)21/h5-6,9-10H,7-8H2,1-4H3,(H,22,24)(H,23,25). The molecule has 0 saturated carbocycles. The van der Waals surface area contributed by atoms with E-state index in [1.165, 1.54) is 19.9 Å². The van der Waals surface area contributed by atoms with Crippen LogP contribution >= 0.6 is 11.6 Å². The molecule has 1 aromatic carbocycles. The van der Waals surface area contributed by atoms with E-state index in [0.717, 1.165) is 18.6 Å². The Bertz CT molecular complexity index is 643. The molecule has 0 bridgehead atoms. The first-order valence-corrected chi connectivity index (χ1v) is 8.20. The summed E-state index contributed by atoms with van der Waals surface area (Å²) in [5.41, 5.74) is -2.56. The number of rotatable bonds is 6. The third-order valence-corrected chi connectivity index (χ3v) is 4.00. The maximum atomic E-state index is 12.9. The summed E-state index contributed by atoms with van der Waals surface area (Å²) in [5.74, 6) is -0.798. The molecule has 0 unspecified atom stereocenters. The Morgan fingerprint density at radius 2 is 1.76 bits per heavy atom. The second-order valence-electron chi connectivity index (χ2n) is 6.71. The van der Waals surface area contributed by atoms with Gasteiger partial charge in [0.25, 0.3) is 0 Å². The van der Waals surface area contributed by atoms with Crippen LogP contribution in [0.5, 0.6) is 0 Å². The molecular formula is C17H22ClF3N2O2. The molecule has 0 radical (unpaired) electrons. The van der Waals surface area contributed by atoms with Crippen molar-refractivity contribution in [3.8, 4) is 0 Å². The Labute approximate surface area is 150 Å². The van der Waals surface area contributed by atoms with Gasteiger partial charge in [-0.1, -0.05) is 25.4 Å². The van der Waals surface area contributed by atoms with Crippen molar-refractivity contribution in [1.82, 2.24) is 5.32 Å². The molecule has 0 fully saturated rings. The monoisotopic (exact) mass is 378 g/mol. The third kappa shape index (κ3) is 5.92. The number of hydrogen-bond acceptors (Lipinski definition) is 2. The Morgan fingerprint density at radius 1 is 1.16 bits per heavy atom. The van der Waals surface area contributed by atoms with E-state index in [1.54, 1.807) is 0 Å². The number of alkyl halides is 3. The number of halogens is 4. The molecule has 0 aromatic heterocycles. The summed E-state index contributed by atoms with van der Waals surface area (Å²) in [4.78, 5) is 24.5. The zero-order valence-corrected chi connectivity index (χ0v) is 15.3. The van der Waals surface area contributed by atoms with Crippen molar-refractivity contribution in [3.05, 3.63) is 28.8 Å². The van der Waals surface area contributed by atoms with Gasteiger partial charge in [-0.15, -0.1) is 0 Å². The lowest BCUT2D eigenvalue weighted by molar-refractivity contribution is -0.139. The summed E-state index contributed by atoms with van der Waals surface area (Å²) in [5, 5.41) is 4.55. The van der Waals surface area contributed by atoms with Gasteiger partial charge in [-0.3, -0.25) is 9.59 Å². The number of nitrogens with one attached hydrogen (secondary N) is 2. The van der Waals surface area contributed by atoms with Gasteiger partial charge < -0.3 is 10.6 Å². The van der Waals surface area contributed by atoms with E-state index in [1.807, 2.05) is 13.8 Å². The van der Waals surface area contributed by atoms with Gasteiger partial charge in [-0.25, -0.2) is 0 Å². The molecule has 140 valence electrons. The van der Waals surface area contributed by atoms with Crippen LogP contribution in [0.3, 0.4) is 0 Å². The first kappa shape index (κ1) is 21.3. The summed E-state index contributed by atoms with van der Waals surface area (Å²) in [6.07, 6.45) is -3.88. The lowest BCUT2D eigenvalue weighted by Crippen LogP contribution is -2.45. The summed E-state index contributed by atoms with van der Waals surface area (Å²) in [6, 6.07) is 3.05. The van der Waals surface area contributed by atoms with Crippen molar-refractivity contribution < 1.29 is 22.8 Å². The van der Waals surface area contributed by atoms with E-state index < -0.39 is 34.0 Å². The van der Waals surface area contributed by atoms with E-state index in [2.05, 4.69) is 10.6 Å². The molecule has 0 aliphatic rings. The molecule has 25 heavy (non-hydrogen) atoms. The quantitative estimate of drug-likeness (QED) is 0.717. The van der Waals surface area contributed by atoms with Crippen molar-refractivity contribution in [2.24, 2.45) is 11.3 Å². The number of hydrogen-bond donors (Lipinski definition) is 2. The van der Waals surface area contributed by atoms with Crippen LogP contribution in [0.25, 0.3) is 0 Å². The Balaban J connectivity index is 2.85. The van der Waals surface area contributed by atoms with Crippen LogP contribution in [-0.2, 0) is 15.8 Å². The number of benzene rings is 1. The van der Waals surface area contributed by atoms with Gasteiger partial charge in [0, 0.05) is 12.2 Å². The second kappa shape index (κ2) is 8.08. The van der Waals surface area contributed by atoms with Crippen molar-refractivity contribution in [1.29, 1.82) is 0 Å². The zero-order chi connectivity index (χ0) is 19.4. The maximum Gasteiger partial charge on any atom is 0.417 e. The Hall–Kier alpha value is -1.76. The zero-order valence-electron chi connectivity index (χ0n) is 14.6. The van der Waals surface area contributed by atoms with E-state index in [0.29, 0.717) is 12.5 Å². The molecule has 0 saturated heterocycles. The summed E-state index contributed by atoms with van der Waals surface area (Å²) in [7, 11) is 0. The molecule has 1 rings (SSSR count). The van der Waals surface area contributed by atoms with Crippen molar-refractivity contribution in [2.75, 3.05) is 11.9 Å². The van der Waals surface area contributed by atoms with Gasteiger partial charge in [-0.05, 0) is 44.4 Å². The number of anilines is 1. The minimum atomic E-state index is -4.64. The van der Waals surface area contributed by atoms with E-state index >= 15 is 0 Å². The fourth-order valence-corrected chi connectivity index (χ4v) is 2.13. The highest BCUT2D eigenvalue weighted by molar-refractivity contribution is 6.31. The molecule has 0 atom stereocenters. The summed E-state index contributed by atoms with van der Waals surface area (Å²) < 4.78 is 38.6. The van der Waals surface area contributed by atoms with Crippen molar-refractivity contribution >= 4 is 29.1 Å². The average molecular weight is 379 g/mol. The summed E-state index contributed by atoms with van der Waals surface area (Å²) >= 11 is 5.54. The highest BCUT2D eigenvalue weighted by Gasteiger charge is 2.37. The molecule has 2 N–H and O–H groups in total. The van der Waals surface area contributed by atoms with Gasteiger partial charge in [0.2, 0.25) is 11.8 Å². The number of amides is 2. The molecule has 1 aromatic rings.